The molecule has 1 saturated carbocycles. The first-order valence-corrected chi connectivity index (χ1v) is 7.34. The Morgan fingerprint density at radius 2 is 2.06 bits per heavy atom. The van der Waals surface area contributed by atoms with E-state index in [2.05, 4.69) is 0 Å². The third-order valence-corrected chi connectivity index (χ3v) is 4.53. The summed E-state index contributed by atoms with van der Waals surface area (Å²) in [7, 11) is 1.70. The van der Waals surface area contributed by atoms with Gasteiger partial charge in [-0.15, -0.1) is 0 Å². The number of hydrogen-bond donors (Lipinski definition) is 0. The Bertz CT molecular complexity index is 483. The van der Waals surface area contributed by atoms with Crippen LogP contribution in [-0.4, -0.2) is 16.6 Å². The summed E-state index contributed by atoms with van der Waals surface area (Å²) in [5.74, 6) is -0.318. The maximum atomic E-state index is 12.1. The van der Waals surface area contributed by atoms with Crippen molar-refractivity contribution in [3.05, 3.63) is 20.2 Å². The summed E-state index contributed by atoms with van der Waals surface area (Å²) in [4.78, 5) is 24.1. The number of rotatable bonds is 3. The van der Waals surface area contributed by atoms with Gasteiger partial charge in [0.25, 0.3) is 0 Å². The zero-order valence-electron chi connectivity index (χ0n) is 10.9. The van der Waals surface area contributed by atoms with Gasteiger partial charge in [0.15, 0.2) is 0 Å². The first kappa shape index (κ1) is 13.3. The van der Waals surface area contributed by atoms with Crippen molar-refractivity contribution < 1.29 is 9.53 Å². The van der Waals surface area contributed by atoms with Crippen LogP contribution in [0.4, 0.5) is 0 Å². The molecule has 0 amide bonds. The molecule has 0 unspecified atom stereocenters. The third kappa shape index (κ3) is 2.66. The second kappa shape index (κ2) is 5.69. The highest BCUT2D eigenvalue weighted by atomic mass is 32.1. The van der Waals surface area contributed by atoms with Crippen molar-refractivity contribution in [3.8, 4) is 0 Å². The summed E-state index contributed by atoms with van der Waals surface area (Å²) in [5, 5.41) is 0. The first-order valence-electron chi connectivity index (χ1n) is 6.53. The molecular weight excluding hydrogens is 250 g/mol. The zero-order valence-corrected chi connectivity index (χ0v) is 11.7. The normalized spacial score (nSPS) is 16.8. The minimum absolute atomic E-state index is 0.0402. The molecule has 0 aromatic carbocycles. The van der Waals surface area contributed by atoms with E-state index in [-0.39, 0.29) is 16.9 Å². The molecule has 100 valence electrons. The van der Waals surface area contributed by atoms with E-state index in [1.165, 1.54) is 6.42 Å². The number of nitrogens with zero attached hydrogens (tertiary/aromatic N) is 1. The Kier molecular flexibility index (Phi) is 4.22. The summed E-state index contributed by atoms with van der Waals surface area (Å²) in [6.45, 7) is 1.94. The van der Waals surface area contributed by atoms with Crippen molar-refractivity contribution in [2.75, 3.05) is 0 Å². The number of thiazole rings is 1. The van der Waals surface area contributed by atoms with E-state index in [0.717, 1.165) is 42.7 Å². The van der Waals surface area contributed by atoms with Gasteiger partial charge in [0.1, 0.15) is 11.0 Å². The van der Waals surface area contributed by atoms with Crippen LogP contribution in [0, 0.1) is 0 Å². The molecule has 0 aliphatic heterocycles. The topological polar surface area (TPSA) is 48.3 Å². The van der Waals surface area contributed by atoms with E-state index in [0.29, 0.717) is 11.3 Å². The van der Waals surface area contributed by atoms with Gasteiger partial charge in [-0.2, -0.15) is 0 Å². The highest BCUT2D eigenvalue weighted by Crippen LogP contribution is 2.23. The third-order valence-electron chi connectivity index (χ3n) is 3.48. The monoisotopic (exact) mass is 269 g/mol. The van der Waals surface area contributed by atoms with Gasteiger partial charge in [0, 0.05) is 12.7 Å². The Morgan fingerprint density at radius 3 is 2.67 bits per heavy atom. The van der Waals surface area contributed by atoms with Crippen LogP contribution in [0.2, 0.25) is 0 Å². The smallest absolute Gasteiger partial charge is 0.350 e. The molecule has 0 radical (unpaired) electrons. The van der Waals surface area contributed by atoms with Gasteiger partial charge in [-0.05, 0) is 32.1 Å². The van der Waals surface area contributed by atoms with Crippen molar-refractivity contribution in [3.63, 3.8) is 0 Å². The molecule has 2 rings (SSSR count). The largest absolute Gasteiger partial charge is 0.458 e. The summed E-state index contributed by atoms with van der Waals surface area (Å²) in [5.41, 5.74) is 0.783. The lowest BCUT2D eigenvalue weighted by atomic mass is 9.98. The maximum Gasteiger partial charge on any atom is 0.350 e. The van der Waals surface area contributed by atoms with E-state index in [1.54, 1.807) is 11.6 Å². The van der Waals surface area contributed by atoms with Crippen molar-refractivity contribution in [1.82, 2.24) is 4.57 Å². The number of carbonyl (C=O) groups is 1. The number of ether oxygens (including phenoxy) is 1. The second-order valence-corrected chi connectivity index (χ2v) is 5.68. The predicted molar refractivity (Wildman–Crippen MR) is 71.2 cm³/mol. The first-order chi connectivity index (χ1) is 8.63. The second-order valence-electron chi connectivity index (χ2n) is 4.72. The summed E-state index contributed by atoms with van der Waals surface area (Å²) in [6, 6.07) is 0. The van der Waals surface area contributed by atoms with Crippen LogP contribution in [0.15, 0.2) is 4.79 Å². The van der Waals surface area contributed by atoms with E-state index in [4.69, 9.17) is 4.74 Å². The van der Waals surface area contributed by atoms with Crippen molar-refractivity contribution >= 4 is 17.3 Å². The van der Waals surface area contributed by atoms with Gasteiger partial charge >= 0.3 is 10.8 Å². The molecule has 4 nitrogen and oxygen atoms in total. The maximum absolute atomic E-state index is 12.1. The van der Waals surface area contributed by atoms with Crippen LogP contribution in [0.5, 0.6) is 0 Å². The van der Waals surface area contributed by atoms with Crippen LogP contribution in [0.3, 0.4) is 0 Å². The van der Waals surface area contributed by atoms with E-state index in [1.807, 2.05) is 6.92 Å². The number of hydrogen-bond acceptors (Lipinski definition) is 4. The molecule has 1 aliphatic carbocycles. The van der Waals surface area contributed by atoms with Crippen LogP contribution >= 0.6 is 11.3 Å². The van der Waals surface area contributed by atoms with Gasteiger partial charge in [0.2, 0.25) is 0 Å². The SMILES string of the molecule is CCc1c(C(=O)OC2CCCCC2)sc(=O)n1C. The molecule has 0 bridgehead atoms. The average Bonchev–Trinajstić information content (AvgIpc) is 2.67. The number of aromatic nitrogens is 1. The summed E-state index contributed by atoms with van der Waals surface area (Å²) in [6.07, 6.45) is 6.10. The minimum atomic E-state index is -0.318. The van der Waals surface area contributed by atoms with Gasteiger partial charge in [-0.1, -0.05) is 24.7 Å². The Morgan fingerprint density at radius 1 is 1.39 bits per heavy atom. The molecule has 0 atom stereocenters. The summed E-state index contributed by atoms with van der Waals surface area (Å²) < 4.78 is 7.05. The predicted octanol–water partition coefficient (Wildman–Crippen LogP) is 2.50. The van der Waals surface area contributed by atoms with Crippen LogP contribution in [0.1, 0.15) is 54.4 Å². The van der Waals surface area contributed by atoms with E-state index < -0.39 is 0 Å². The fourth-order valence-corrected chi connectivity index (χ4v) is 3.37. The lowest BCUT2D eigenvalue weighted by molar-refractivity contribution is 0.0215. The van der Waals surface area contributed by atoms with E-state index >= 15 is 0 Å². The van der Waals surface area contributed by atoms with Gasteiger partial charge in [-0.25, -0.2) is 4.79 Å². The van der Waals surface area contributed by atoms with E-state index in [9.17, 15) is 9.59 Å². The number of carbonyl (C=O) groups excluding carboxylic acids is 1. The Labute approximate surface area is 111 Å². The standard InChI is InChI=1S/C13H19NO3S/c1-3-10-11(18-13(16)14(10)2)12(15)17-9-7-5-4-6-8-9/h9H,3-8H2,1-2H3. The molecule has 0 saturated heterocycles. The van der Waals surface area contributed by atoms with Crippen molar-refractivity contribution in [1.29, 1.82) is 0 Å². The quantitative estimate of drug-likeness (QED) is 0.792. The van der Waals surface area contributed by atoms with Crippen LogP contribution in [0.25, 0.3) is 0 Å². The Hall–Kier alpha value is -1.10. The molecule has 1 aromatic heterocycles. The van der Waals surface area contributed by atoms with Gasteiger partial charge in [0.05, 0.1) is 0 Å². The molecular formula is C13H19NO3S. The Balaban J connectivity index is 2.13. The molecule has 18 heavy (non-hydrogen) atoms. The molecule has 1 fully saturated rings. The highest BCUT2D eigenvalue weighted by Gasteiger charge is 2.23. The molecule has 0 N–H and O–H groups in total. The summed E-state index contributed by atoms with van der Waals surface area (Å²) >= 11 is 0.995. The van der Waals surface area contributed by atoms with Crippen LogP contribution < -0.4 is 4.87 Å². The lowest BCUT2D eigenvalue weighted by Crippen LogP contribution is -2.21. The highest BCUT2D eigenvalue weighted by molar-refractivity contribution is 7.11. The van der Waals surface area contributed by atoms with Crippen molar-refractivity contribution in [2.45, 2.75) is 51.6 Å². The zero-order chi connectivity index (χ0) is 13.1. The lowest BCUT2D eigenvalue weighted by Gasteiger charge is -2.21. The fraction of sp³-hybridized carbons (Fsp3) is 0.692. The van der Waals surface area contributed by atoms with Crippen molar-refractivity contribution in [2.24, 2.45) is 7.05 Å². The fourth-order valence-electron chi connectivity index (χ4n) is 2.42. The van der Waals surface area contributed by atoms with Gasteiger partial charge < -0.3 is 9.30 Å². The van der Waals surface area contributed by atoms with Crippen LogP contribution in [-0.2, 0) is 18.2 Å². The molecule has 1 heterocycles. The van der Waals surface area contributed by atoms with Gasteiger partial charge in [-0.3, -0.25) is 4.79 Å². The molecule has 0 spiro atoms. The minimum Gasteiger partial charge on any atom is -0.458 e. The average molecular weight is 269 g/mol. The molecule has 5 heteroatoms. The number of esters is 1. The molecule has 1 aliphatic rings. The molecule has 1 aromatic rings.